The van der Waals surface area contributed by atoms with Gasteiger partial charge in [0.1, 0.15) is 9.21 Å². The molecule has 0 spiro atoms. The Kier molecular flexibility index (Phi) is 11.7. The van der Waals surface area contributed by atoms with Crippen molar-refractivity contribution in [3.8, 4) is 0 Å². The van der Waals surface area contributed by atoms with Crippen LogP contribution in [-0.2, 0) is 10.4 Å². The molecule has 0 saturated heterocycles. The summed E-state index contributed by atoms with van der Waals surface area (Å²) in [5.41, 5.74) is -3.63. The van der Waals surface area contributed by atoms with Crippen LogP contribution in [0.25, 0.3) is 5.57 Å². The lowest BCUT2D eigenvalue weighted by Gasteiger charge is -2.29. The van der Waals surface area contributed by atoms with Gasteiger partial charge in [-0.05, 0) is 104 Å². The molecule has 1 aliphatic rings. The summed E-state index contributed by atoms with van der Waals surface area (Å²) < 4.78 is 82.3. The number of alkyl halides is 6. The highest BCUT2D eigenvalue weighted by atomic mass is 79.9. The van der Waals surface area contributed by atoms with Crippen molar-refractivity contribution in [2.24, 2.45) is 5.16 Å². The molecular weight excluding hydrogens is 850 g/mol. The number of halogens is 12. The number of oxime groups is 1. The maximum absolute atomic E-state index is 13.8. The van der Waals surface area contributed by atoms with E-state index in [1.165, 1.54) is 48.8 Å². The zero-order chi connectivity index (χ0) is 34.7. The summed E-state index contributed by atoms with van der Waals surface area (Å²) in [5.74, 6) is -0.826. The van der Waals surface area contributed by atoms with E-state index in [2.05, 4.69) is 47.0 Å². The molecule has 0 fully saturated rings. The van der Waals surface area contributed by atoms with Crippen molar-refractivity contribution in [1.82, 2.24) is 9.97 Å². The zero-order valence-corrected chi connectivity index (χ0v) is 29.1. The number of carbonyl (C=O) groups excluding carboxylic acids is 1. The van der Waals surface area contributed by atoms with Crippen LogP contribution in [0.15, 0.2) is 93.5 Å². The minimum atomic E-state index is -4.74. The molecule has 0 aliphatic carbocycles. The second kappa shape index (κ2) is 14.8. The summed E-state index contributed by atoms with van der Waals surface area (Å²) in [6, 6.07) is 13.3. The largest absolute Gasteiger partial charge is 0.435 e. The van der Waals surface area contributed by atoms with Crippen molar-refractivity contribution in [3.63, 3.8) is 0 Å². The Morgan fingerprint density at radius 1 is 0.766 bits per heavy atom. The maximum atomic E-state index is 13.8. The number of allylic oxidation sites excluding steroid dienone is 2. The van der Waals surface area contributed by atoms with E-state index in [4.69, 9.17) is 51.2 Å². The molecule has 1 aliphatic heterocycles. The predicted octanol–water partition coefficient (Wildman–Crippen LogP) is 11.7. The van der Waals surface area contributed by atoms with Crippen molar-refractivity contribution in [2.75, 3.05) is 0 Å². The molecular formula is C30H15Br2Cl4F6N3O2. The molecule has 0 amide bonds. The number of nitrogens with zero attached hydrogens (tertiary/aromatic N) is 3. The number of hydrogen-bond donors (Lipinski definition) is 0. The van der Waals surface area contributed by atoms with Gasteiger partial charge in [-0.15, -0.1) is 0 Å². The van der Waals surface area contributed by atoms with Crippen molar-refractivity contribution >= 4 is 95.3 Å². The molecule has 5 nitrogen and oxygen atoms in total. The normalized spacial score (nSPS) is 16.6. The lowest BCUT2D eigenvalue weighted by atomic mass is 9.87. The standard InChI is InChI=1S/C15H8BrCl2F3N2O.C15H7BrCl2F3NO/c16-13-2-1-8(7-22-13)12-6-14(24-23-12,15(19,20)21)9-3-10(17)5-11(18)4-9;16-14-2-1-8(7-22-14)13(23)6-12(15(19,20)21)9-3-10(17)5-11(18)4-9/h1-5,7H,6H2;1-7H. The molecule has 1 atom stereocenters. The van der Waals surface area contributed by atoms with Crippen LogP contribution in [0.1, 0.15) is 33.5 Å². The van der Waals surface area contributed by atoms with Gasteiger partial charge < -0.3 is 4.84 Å². The first kappa shape index (κ1) is 37.1. The van der Waals surface area contributed by atoms with Crippen LogP contribution in [-0.4, -0.2) is 33.8 Å². The molecule has 2 aromatic carbocycles. The van der Waals surface area contributed by atoms with Crippen molar-refractivity contribution in [1.29, 1.82) is 0 Å². The van der Waals surface area contributed by atoms with Gasteiger partial charge in [-0.1, -0.05) is 51.6 Å². The highest BCUT2D eigenvalue weighted by Crippen LogP contribution is 2.49. The molecule has 4 aromatic rings. The van der Waals surface area contributed by atoms with Crippen LogP contribution in [0.3, 0.4) is 0 Å². The van der Waals surface area contributed by atoms with E-state index in [1.807, 2.05) is 0 Å². The summed E-state index contributed by atoms with van der Waals surface area (Å²) in [5, 5.41) is 3.90. The molecule has 5 rings (SSSR count). The van der Waals surface area contributed by atoms with E-state index in [0.29, 0.717) is 20.8 Å². The fourth-order valence-corrected chi connectivity index (χ4v) is 5.69. The second-order valence-electron chi connectivity index (χ2n) is 9.61. The summed E-state index contributed by atoms with van der Waals surface area (Å²) >= 11 is 29.4. The molecule has 1 unspecified atom stereocenters. The zero-order valence-electron chi connectivity index (χ0n) is 22.9. The van der Waals surface area contributed by atoms with E-state index in [-0.39, 0.29) is 42.5 Å². The summed E-state index contributed by atoms with van der Waals surface area (Å²) in [6.45, 7) is 0. The number of carbonyl (C=O) groups is 1. The SMILES string of the molecule is FC(F)(F)C1(c2cc(Cl)cc(Cl)c2)CC(c2ccc(Br)nc2)=NO1.O=C(C=C(c1cc(Cl)cc(Cl)c1)C(F)(F)F)c1ccc(Br)nc1. The lowest BCUT2D eigenvalue weighted by Crippen LogP contribution is -2.42. The predicted molar refractivity (Wildman–Crippen MR) is 175 cm³/mol. The lowest BCUT2D eigenvalue weighted by molar-refractivity contribution is -0.275. The van der Waals surface area contributed by atoms with E-state index in [9.17, 15) is 31.1 Å². The first-order valence-corrected chi connectivity index (χ1v) is 15.8. The summed E-state index contributed by atoms with van der Waals surface area (Å²) in [7, 11) is 0. The average Bonchev–Trinajstić information content (AvgIpc) is 3.43. The van der Waals surface area contributed by atoms with Crippen LogP contribution < -0.4 is 0 Å². The van der Waals surface area contributed by atoms with Gasteiger partial charge in [-0.3, -0.25) is 4.79 Å². The molecule has 47 heavy (non-hydrogen) atoms. The van der Waals surface area contributed by atoms with Gasteiger partial charge in [0.2, 0.25) is 0 Å². The van der Waals surface area contributed by atoms with Crippen LogP contribution >= 0.6 is 78.3 Å². The Morgan fingerprint density at radius 3 is 1.77 bits per heavy atom. The number of hydrogen-bond acceptors (Lipinski definition) is 5. The third-order valence-electron chi connectivity index (χ3n) is 6.34. The summed E-state index contributed by atoms with van der Waals surface area (Å²) in [6.07, 6.45) is -6.85. The number of ketones is 1. The van der Waals surface area contributed by atoms with Crippen LogP contribution in [0.5, 0.6) is 0 Å². The highest BCUT2D eigenvalue weighted by molar-refractivity contribution is 9.10. The van der Waals surface area contributed by atoms with Gasteiger partial charge in [0.05, 0.1) is 17.7 Å². The van der Waals surface area contributed by atoms with Crippen LogP contribution in [0.4, 0.5) is 26.3 Å². The Hall–Kier alpha value is -2.68. The third-order valence-corrected chi connectivity index (χ3v) is 8.15. The monoisotopic (exact) mass is 861 g/mol. The van der Waals surface area contributed by atoms with Crippen molar-refractivity contribution < 1.29 is 36.0 Å². The molecule has 3 heterocycles. The molecule has 2 aromatic heterocycles. The van der Waals surface area contributed by atoms with Gasteiger partial charge >= 0.3 is 12.4 Å². The number of pyridine rings is 2. The Labute approximate surface area is 299 Å². The molecule has 246 valence electrons. The topological polar surface area (TPSA) is 64.4 Å². The van der Waals surface area contributed by atoms with Crippen LogP contribution in [0, 0.1) is 0 Å². The van der Waals surface area contributed by atoms with Gasteiger partial charge in [-0.2, -0.15) is 26.3 Å². The molecule has 0 radical (unpaired) electrons. The fourth-order valence-electron chi connectivity index (χ4n) is 4.17. The highest BCUT2D eigenvalue weighted by Gasteiger charge is 2.62. The molecule has 0 bridgehead atoms. The van der Waals surface area contributed by atoms with Gasteiger partial charge in [-0.25, -0.2) is 9.97 Å². The maximum Gasteiger partial charge on any atom is 0.435 e. The van der Waals surface area contributed by atoms with Crippen LogP contribution in [0.2, 0.25) is 20.1 Å². The van der Waals surface area contributed by atoms with Gasteiger partial charge in [0, 0.05) is 49.2 Å². The molecule has 0 N–H and O–H groups in total. The third kappa shape index (κ3) is 9.27. The first-order chi connectivity index (χ1) is 21.9. The van der Waals surface area contributed by atoms with Gasteiger partial charge in [0.25, 0.3) is 5.60 Å². The Balaban J connectivity index is 0.000000213. The van der Waals surface area contributed by atoms with E-state index in [1.54, 1.807) is 12.1 Å². The van der Waals surface area contributed by atoms with Gasteiger partial charge in [0.15, 0.2) is 5.78 Å². The first-order valence-electron chi connectivity index (χ1n) is 12.7. The van der Waals surface area contributed by atoms with E-state index < -0.39 is 35.7 Å². The number of aromatic nitrogens is 2. The van der Waals surface area contributed by atoms with E-state index in [0.717, 1.165) is 12.1 Å². The number of rotatable bonds is 5. The average molecular weight is 865 g/mol. The minimum Gasteiger partial charge on any atom is -0.374 e. The fraction of sp³-hybridized carbons (Fsp3) is 0.133. The smallest absolute Gasteiger partial charge is 0.374 e. The Morgan fingerprint density at radius 2 is 1.30 bits per heavy atom. The van der Waals surface area contributed by atoms with Crippen molar-refractivity contribution in [2.45, 2.75) is 24.4 Å². The number of benzene rings is 2. The quantitative estimate of drug-likeness (QED) is 0.0868. The van der Waals surface area contributed by atoms with E-state index >= 15 is 0 Å². The molecule has 0 saturated carbocycles. The minimum absolute atomic E-state index is 0.0306. The Bertz CT molecular complexity index is 1810. The van der Waals surface area contributed by atoms with Crippen molar-refractivity contribution in [3.05, 3.63) is 131 Å². The second-order valence-corrected chi connectivity index (χ2v) is 13.0. The summed E-state index contributed by atoms with van der Waals surface area (Å²) in [4.78, 5) is 24.8. The molecule has 17 heteroatoms.